The Balaban J connectivity index is 1.71. The molecule has 6 heteroatoms. The summed E-state index contributed by atoms with van der Waals surface area (Å²) in [6.07, 6.45) is 1.58. The quantitative estimate of drug-likeness (QED) is 0.529. The number of esters is 1. The fraction of sp³-hybridized carbons (Fsp3) is 0.611. The topological polar surface area (TPSA) is 71.0 Å². The minimum Gasteiger partial charge on any atom is -0.459 e. The lowest BCUT2D eigenvalue weighted by molar-refractivity contribution is -0.00891. The van der Waals surface area contributed by atoms with E-state index in [4.69, 9.17) is 9.47 Å². The maximum Gasteiger partial charge on any atom is 0.338 e. The molecule has 1 atom stereocenters. The number of benzene rings is 1. The van der Waals surface area contributed by atoms with E-state index in [9.17, 15) is 9.90 Å². The molecule has 0 saturated carbocycles. The molecule has 2 rings (SSSR count). The summed E-state index contributed by atoms with van der Waals surface area (Å²) in [7, 11) is 0. The first-order chi connectivity index (χ1) is 11.7. The van der Waals surface area contributed by atoms with Crippen LogP contribution in [0, 0.1) is 0 Å². The lowest BCUT2D eigenvalue weighted by Crippen LogP contribution is -2.42. The summed E-state index contributed by atoms with van der Waals surface area (Å²) >= 11 is 0. The van der Waals surface area contributed by atoms with E-state index in [-0.39, 0.29) is 6.61 Å². The van der Waals surface area contributed by atoms with Crippen molar-refractivity contribution in [2.45, 2.75) is 25.9 Å². The van der Waals surface area contributed by atoms with Gasteiger partial charge in [0, 0.05) is 31.9 Å². The number of nitrogens with zero attached hydrogens (tertiary/aromatic N) is 1. The van der Waals surface area contributed by atoms with Crippen LogP contribution in [-0.4, -0.2) is 68.1 Å². The molecule has 134 valence electrons. The second-order valence-electron chi connectivity index (χ2n) is 6.02. The molecule has 0 amide bonds. The summed E-state index contributed by atoms with van der Waals surface area (Å²) in [5, 5.41) is 13.3. The first-order valence-corrected chi connectivity index (χ1v) is 8.68. The number of unbranched alkanes of at least 4 members (excludes halogenated alkanes) is 1. The van der Waals surface area contributed by atoms with Gasteiger partial charge < -0.3 is 19.9 Å². The molecule has 0 radical (unpaired) electrons. The van der Waals surface area contributed by atoms with Gasteiger partial charge in [-0.05, 0) is 30.7 Å². The van der Waals surface area contributed by atoms with Gasteiger partial charge in [0.1, 0.15) is 12.7 Å². The van der Waals surface area contributed by atoms with Gasteiger partial charge in [-0.25, -0.2) is 4.79 Å². The van der Waals surface area contributed by atoms with Gasteiger partial charge in [0.25, 0.3) is 0 Å². The van der Waals surface area contributed by atoms with Gasteiger partial charge >= 0.3 is 5.97 Å². The number of carbonyl (C=O) groups is 1. The largest absolute Gasteiger partial charge is 0.459 e. The molecule has 1 heterocycles. The number of anilines is 1. The number of hydrogen-bond acceptors (Lipinski definition) is 6. The highest BCUT2D eigenvalue weighted by Gasteiger charge is 2.16. The van der Waals surface area contributed by atoms with Crippen molar-refractivity contribution in [1.82, 2.24) is 4.90 Å². The van der Waals surface area contributed by atoms with Crippen molar-refractivity contribution in [1.29, 1.82) is 0 Å². The molecule has 1 aromatic rings. The summed E-state index contributed by atoms with van der Waals surface area (Å²) in [6.45, 7) is 6.55. The van der Waals surface area contributed by atoms with E-state index in [0.29, 0.717) is 25.3 Å². The van der Waals surface area contributed by atoms with E-state index in [1.807, 2.05) is 12.1 Å². The predicted molar refractivity (Wildman–Crippen MR) is 93.4 cm³/mol. The van der Waals surface area contributed by atoms with Crippen LogP contribution in [0.4, 0.5) is 5.69 Å². The van der Waals surface area contributed by atoms with Crippen molar-refractivity contribution in [3.05, 3.63) is 29.8 Å². The lowest BCUT2D eigenvalue weighted by Gasteiger charge is -2.28. The normalized spacial score (nSPS) is 16.6. The van der Waals surface area contributed by atoms with E-state index < -0.39 is 12.1 Å². The number of carbonyl (C=O) groups excluding carboxylic acids is 1. The number of nitrogens with one attached hydrogen (secondary N) is 1. The molecule has 1 unspecified atom stereocenters. The Morgan fingerprint density at radius 3 is 2.71 bits per heavy atom. The maximum absolute atomic E-state index is 12.0. The molecule has 1 aliphatic heterocycles. The zero-order chi connectivity index (χ0) is 17.2. The van der Waals surface area contributed by atoms with Crippen LogP contribution in [0.1, 0.15) is 30.1 Å². The van der Waals surface area contributed by atoms with Crippen LogP contribution in [0.5, 0.6) is 0 Å². The van der Waals surface area contributed by atoms with Crippen molar-refractivity contribution in [3.8, 4) is 0 Å². The minimum atomic E-state index is -0.679. The van der Waals surface area contributed by atoms with Crippen LogP contribution >= 0.6 is 0 Å². The number of hydrogen-bond donors (Lipinski definition) is 2. The molecule has 0 aliphatic carbocycles. The smallest absolute Gasteiger partial charge is 0.338 e. The van der Waals surface area contributed by atoms with Gasteiger partial charge in [-0.1, -0.05) is 13.3 Å². The second-order valence-corrected chi connectivity index (χ2v) is 6.02. The Bertz CT molecular complexity index is 486. The Morgan fingerprint density at radius 1 is 1.33 bits per heavy atom. The van der Waals surface area contributed by atoms with Gasteiger partial charge in [0.15, 0.2) is 0 Å². The Labute approximate surface area is 143 Å². The molecule has 0 spiro atoms. The molecule has 1 saturated heterocycles. The van der Waals surface area contributed by atoms with Crippen LogP contribution in [0.15, 0.2) is 24.3 Å². The zero-order valence-electron chi connectivity index (χ0n) is 14.4. The maximum atomic E-state index is 12.0. The highest BCUT2D eigenvalue weighted by Crippen LogP contribution is 2.11. The summed E-state index contributed by atoms with van der Waals surface area (Å²) in [6, 6.07) is 7.22. The fourth-order valence-corrected chi connectivity index (χ4v) is 2.52. The first kappa shape index (κ1) is 18.7. The van der Waals surface area contributed by atoms with Crippen LogP contribution in [-0.2, 0) is 9.47 Å². The van der Waals surface area contributed by atoms with Crippen LogP contribution < -0.4 is 5.32 Å². The van der Waals surface area contributed by atoms with E-state index in [1.54, 1.807) is 12.1 Å². The van der Waals surface area contributed by atoms with Gasteiger partial charge in [0.2, 0.25) is 0 Å². The van der Waals surface area contributed by atoms with Crippen molar-refractivity contribution in [2.75, 3.05) is 51.3 Å². The molecule has 0 aromatic heterocycles. The molecular weight excluding hydrogens is 308 g/mol. The molecule has 0 bridgehead atoms. The summed E-state index contributed by atoms with van der Waals surface area (Å²) < 4.78 is 10.5. The summed E-state index contributed by atoms with van der Waals surface area (Å²) in [5.41, 5.74) is 1.49. The fourth-order valence-electron chi connectivity index (χ4n) is 2.52. The van der Waals surface area contributed by atoms with E-state index >= 15 is 0 Å². The third-order valence-corrected chi connectivity index (χ3v) is 3.96. The molecular formula is C18H28N2O4. The second kappa shape index (κ2) is 10.3. The Kier molecular flexibility index (Phi) is 8.01. The molecule has 1 fully saturated rings. The standard InChI is InChI=1S/C18H28N2O4/c1-2-3-8-19-16-6-4-15(5-7-16)18(22)24-14-17(21)13-20-9-11-23-12-10-20/h4-7,17,19,21H,2-3,8-14H2,1H3. The van der Waals surface area contributed by atoms with Crippen LogP contribution in [0.2, 0.25) is 0 Å². The van der Waals surface area contributed by atoms with E-state index in [0.717, 1.165) is 38.2 Å². The van der Waals surface area contributed by atoms with Crippen molar-refractivity contribution in [3.63, 3.8) is 0 Å². The number of ether oxygens (including phenoxy) is 2. The third-order valence-electron chi connectivity index (χ3n) is 3.96. The van der Waals surface area contributed by atoms with Gasteiger partial charge in [-0.15, -0.1) is 0 Å². The van der Waals surface area contributed by atoms with Crippen molar-refractivity contribution >= 4 is 11.7 Å². The minimum absolute atomic E-state index is 0.00664. The molecule has 6 nitrogen and oxygen atoms in total. The van der Waals surface area contributed by atoms with E-state index in [1.165, 1.54) is 0 Å². The van der Waals surface area contributed by atoms with Crippen LogP contribution in [0.3, 0.4) is 0 Å². The Hall–Kier alpha value is -1.63. The van der Waals surface area contributed by atoms with Gasteiger partial charge in [0.05, 0.1) is 18.8 Å². The Morgan fingerprint density at radius 2 is 2.04 bits per heavy atom. The highest BCUT2D eigenvalue weighted by atomic mass is 16.5. The van der Waals surface area contributed by atoms with E-state index in [2.05, 4.69) is 17.1 Å². The predicted octanol–water partition coefficient (Wildman–Crippen LogP) is 1.75. The van der Waals surface area contributed by atoms with Crippen molar-refractivity contribution in [2.24, 2.45) is 0 Å². The average Bonchev–Trinajstić information content (AvgIpc) is 2.61. The number of aliphatic hydroxyl groups is 1. The number of aliphatic hydroxyl groups excluding tert-OH is 1. The summed E-state index contributed by atoms with van der Waals surface area (Å²) in [5.74, 6) is -0.406. The van der Waals surface area contributed by atoms with Gasteiger partial charge in [-0.3, -0.25) is 4.90 Å². The first-order valence-electron chi connectivity index (χ1n) is 8.68. The summed E-state index contributed by atoms with van der Waals surface area (Å²) in [4.78, 5) is 14.1. The zero-order valence-corrected chi connectivity index (χ0v) is 14.4. The molecule has 1 aromatic carbocycles. The highest BCUT2D eigenvalue weighted by molar-refractivity contribution is 5.89. The number of β-amino-alcohol motifs (C(OH)–C–C–N with tert-alkyl or cyclic N) is 1. The average molecular weight is 336 g/mol. The van der Waals surface area contributed by atoms with Crippen LogP contribution in [0.25, 0.3) is 0 Å². The monoisotopic (exact) mass is 336 g/mol. The SMILES string of the molecule is CCCCNc1ccc(C(=O)OCC(O)CN2CCOCC2)cc1. The molecule has 1 aliphatic rings. The van der Waals surface area contributed by atoms with Gasteiger partial charge in [-0.2, -0.15) is 0 Å². The third kappa shape index (κ3) is 6.47. The van der Waals surface area contributed by atoms with Crippen molar-refractivity contribution < 1.29 is 19.4 Å². The lowest BCUT2D eigenvalue weighted by atomic mass is 10.2. The number of morpholine rings is 1. The molecule has 24 heavy (non-hydrogen) atoms. The molecule has 2 N–H and O–H groups in total. The number of rotatable bonds is 9.